The lowest BCUT2D eigenvalue weighted by molar-refractivity contribution is 0.171. The van der Waals surface area contributed by atoms with Gasteiger partial charge in [-0.2, -0.15) is 0 Å². The molecule has 0 radical (unpaired) electrons. The molecule has 6 heteroatoms. The van der Waals surface area contributed by atoms with E-state index in [1.165, 1.54) is 13.2 Å². The number of nitrogens with zero attached hydrogens (tertiary/aromatic N) is 2. The fraction of sp³-hybridized carbons (Fsp3) is 0.353. The van der Waals surface area contributed by atoms with Crippen molar-refractivity contribution < 1.29 is 18.6 Å². The molecular formula is C17H18F2N2O2. The number of aliphatic hydroxyl groups is 1. The predicted octanol–water partition coefficient (Wildman–Crippen LogP) is 2.68. The third kappa shape index (κ3) is 3.33. The minimum Gasteiger partial charge on any atom is -0.481 e. The summed E-state index contributed by atoms with van der Waals surface area (Å²) in [5.74, 6) is -0.456. The summed E-state index contributed by atoms with van der Waals surface area (Å²) >= 11 is 0. The third-order valence-corrected chi connectivity index (χ3v) is 4.12. The number of pyridine rings is 1. The van der Waals surface area contributed by atoms with Crippen molar-refractivity contribution in [1.29, 1.82) is 0 Å². The molecule has 122 valence electrons. The normalized spacial score (nSPS) is 21.6. The van der Waals surface area contributed by atoms with E-state index >= 15 is 0 Å². The second-order valence-corrected chi connectivity index (χ2v) is 5.67. The Hall–Kier alpha value is -2.05. The van der Waals surface area contributed by atoms with E-state index in [2.05, 4.69) is 4.98 Å². The fourth-order valence-electron chi connectivity index (χ4n) is 3.09. The summed E-state index contributed by atoms with van der Waals surface area (Å²) in [6.07, 6.45) is 1.42. The van der Waals surface area contributed by atoms with Crippen LogP contribution < -0.4 is 4.74 Å². The molecule has 2 heterocycles. The molecule has 3 rings (SSSR count). The summed E-state index contributed by atoms with van der Waals surface area (Å²) in [5, 5.41) is 9.99. The number of methoxy groups -OCH3 is 1. The zero-order valence-corrected chi connectivity index (χ0v) is 12.7. The van der Waals surface area contributed by atoms with Gasteiger partial charge in [0.05, 0.1) is 13.2 Å². The minimum absolute atomic E-state index is 0.268. The molecule has 1 fully saturated rings. The van der Waals surface area contributed by atoms with E-state index in [0.29, 0.717) is 25.4 Å². The highest BCUT2D eigenvalue weighted by molar-refractivity contribution is 5.28. The van der Waals surface area contributed by atoms with E-state index in [-0.39, 0.29) is 11.6 Å². The Morgan fingerprint density at radius 1 is 1.35 bits per heavy atom. The first-order chi connectivity index (χ1) is 11.1. The summed E-state index contributed by atoms with van der Waals surface area (Å²) in [6, 6.07) is 6.70. The van der Waals surface area contributed by atoms with Crippen molar-refractivity contribution in [2.75, 3.05) is 13.7 Å². The van der Waals surface area contributed by atoms with Crippen molar-refractivity contribution in [3.05, 3.63) is 59.3 Å². The average Bonchev–Trinajstić information content (AvgIpc) is 2.90. The maximum Gasteiger partial charge on any atom is 0.217 e. The predicted molar refractivity (Wildman–Crippen MR) is 80.9 cm³/mol. The Morgan fingerprint density at radius 2 is 2.17 bits per heavy atom. The first-order valence-corrected chi connectivity index (χ1v) is 7.43. The molecule has 2 aromatic rings. The number of benzene rings is 1. The number of halogens is 2. The van der Waals surface area contributed by atoms with Crippen molar-refractivity contribution in [2.24, 2.45) is 0 Å². The number of hydrogen-bond donors (Lipinski definition) is 1. The summed E-state index contributed by atoms with van der Waals surface area (Å²) in [7, 11) is 1.54. The molecule has 0 spiro atoms. The van der Waals surface area contributed by atoms with Crippen LogP contribution in [-0.2, 0) is 6.54 Å². The number of ether oxygens (including phenoxy) is 1. The molecular weight excluding hydrogens is 302 g/mol. The second-order valence-electron chi connectivity index (χ2n) is 5.67. The van der Waals surface area contributed by atoms with Crippen molar-refractivity contribution in [3.63, 3.8) is 0 Å². The zero-order chi connectivity index (χ0) is 16.4. The second kappa shape index (κ2) is 6.60. The highest BCUT2D eigenvalue weighted by Crippen LogP contribution is 2.35. The van der Waals surface area contributed by atoms with Crippen LogP contribution in [0.2, 0.25) is 0 Å². The molecule has 0 bridgehead atoms. The summed E-state index contributed by atoms with van der Waals surface area (Å²) in [4.78, 5) is 6.06. The summed E-state index contributed by atoms with van der Waals surface area (Å²) in [6.45, 7) is 0.827. The van der Waals surface area contributed by atoms with Gasteiger partial charge in [0.25, 0.3) is 0 Å². The van der Waals surface area contributed by atoms with Crippen molar-refractivity contribution in [1.82, 2.24) is 9.88 Å². The van der Waals surface area contributed by atoms with Crippen LogP contribution >= 0.6 is 0 Å². The van der Waals surface area contributed by atoms with E-state index in [1.807, 2.05) is 11.0 Å². The molecule has 1 aromatic carbocycles. The summed E-state index contributed by atoms with van der Waals surface area (Å²) in [5.41, 5.74) is 1.11. The van der Waals surface area contributed by atoms with Crippen molar-refractivity contribution in [2.45, 2.75) is 25.1 Å². The molecule has 4 nitrogen and oxygen atoms in total. The van der Waals surface area contributed by atoms with Crippen molar-refractivity contribution in [3.8, 4) is 5.88 Å². The third-order valence-electron chi connectivity index (χ3n) is 4.12. The van der Waals surface area contributed by atoms with Crippen LogP contribution in [0.4, 0.5) is 8.78 Å². The van der Waals surface area contributed by atoms with Crippen molar-refractivity contribution >= 4 is 0 Å². The lowest BCUT2D eigenvalue weighted by Gasteiger charge is -2.25. The lowest BCUT2D eigenvalue weighted by Crippen LogP contribution is -2.25. The highest BCUT2D eigenvalue weighted by atomic mass is 19.1. The van der Waals surface area contributed by atoms with Gasteiger partial charge >= 0.3 is 0 Å². The molecule has 1 aromatic heterocycles. The lowest BCUT2D eigenvalue weighted by atomic mass is 10.0. The Morgan fingerprint density at radius 3 is 2.96 bits per heavy atom. The Balaban J connectivity index is 1.89. The first-order valence-electron chi connectivity index (χ1n) is 7.43. The van der Waals surface area contributed by atoms with Crippen LogP contribution in [0.25, 0.3) is 0 Å². The number of hydrogen-bond acceptors (Lipinski definition) is 4. The van der Waals surface area contributed by atoms with E-state index in [9.17, 15) is 13.9 Å². The number of aromatic nitrogens is 1. The first kappa shape index (κ1) is 15.8. The minimum atomic E-state index is -0.578. The number of aliphatic hydroxyl groups excluding tert-OH is 1. The fourth-order valence-corrected chi connectivity index (χ4v) is 3.09. The van der Waals surface area contributed by atoms with Gasteiger partial charge in [-0.05, 0) is 30.7 Å². The summed E-state index contributed by atoms with van der Waals surface area (Å²) < 4.78 is 32.8. The van der Waals surface area contributed by atoms with E-state index in [4.69, 9.17) is 4.74 Å². The molecule has 1 N–H and O–H groups in total. The average molecular weight is 320 g/mol. The molecule has 1 aliphatic heterocycles. The van der Waals surface area contributed by atoms with Gasteiger partial charge in [0.2, 0.25) is 5.88 Å². The number of β-amino-alcohol motifs (C(OH)–C–C–N with tert-alkyl or cyclic N) is 1. The monoisotopic (exact) mass is 320 g/mol. The van der Waals surface area contributed by atoms with Gasteiger partial charge in [0.15, 0.2) is 0 Å². The van der Waals surface area contributed by atoms with Gasteiger partial charge in [0.1, 0.15) is 11.6 Å². The largest absolute Gasteiger partial charge is 0.481 e. The quantitative estimate of drug-likeness (QED) is 0.941. The SMILES string of the molecule is COc1ncccc1CN1C[C@@H](O)C[C@@H]1c1cc(F)ccc1F. The number of rotatable bonds is 4. The van der Waals surface area contributed by atoms with Crippen LogP contribution in [0.1, 0.15) is 23.6 Å². The molecule has 0 saturated carbocycles. The van der Waals surface area contributed by atoms with Crippen LogP contribution in [0.15, 0.2) is 36.5 Å². The van der Waals surface area contributed by atoms with Gasteiger partial charge in [0, 0.05) is 36.5 Å². The van der Waals surface area contributed by atoms with Gasteiger partial charge < -0.3 is 9.84 Å². The van der Waals surface area contributed by atoms with Gasteiger partial charge in [-0.25, -0.2) is 13.8 Å². The molecule has 0 amide bonds. The molecule has 1 aliphatic rings. The maximum atomic E-state index is 14.1. The van der Waals surface area contributed by atoms with E-state index in [0.717, 1.165) is 17.7 Å². The molecule has 0 aliphatic carbocycles. The van der Waals surface area contributed by atoms with E-state index < -0.39 is 17.7 Å². The molecule has 23 heavy (non-hydrogen) atoms. The topological polar surface area (TPSA) is 45.6 Å². The molecule has 1 saturated heterocycles. The Kier molecular flexibility index (Phi) is 4.54. The number of likely N-dealkylation sites (tertiary alicyclic amines) is 1. The molecule has 2 atom stereocenters. The molecule has 0 unspecified atom stereocenters. The van der Waals surface area contributed by atoms with Crippen LogP contribution in [0.3, 0.4) is 0 Å². The maximum absolute atomic E-state index is 14.1. The highest BCUT2D eigenvalue weighted by Gasteiger charge is 2.34. The van der Waals surface area contributed by atoms with Gasteiger partial charge in [-0.15, -0.1) is 0 Å². The Bertz CT molecular complexity index is 696. The van der Waals surface area contributed by atoms with Crippen LogP contribution in [-0.4, -0.2) is 34.7 Å². The smallest absolute Gasteiger partial charge is 0.217 e. The van der Waals surface area contributed by atoms with Crippen LogP contribution in [0, 0.1) is 11.6 Å². The Labute approximate surface area is 133 Å². The van der Waals surface area contributed by atoms with Gasteiger partial charge in [-0.1, -0.05) is 6.07 Å². The standard InChI is InChI=1S/C17H18F2N2O2/c1-23-17-11(3-2-6-20-17)9-21-10-13(22)8-16(21)14-7-12(18)4-5-15(14)19/h2-7,13,16,22H,8-10H2,1H3/t13-,16+/m0/s1. The zero-order valence-electron chi connectivity index (χ0n) is 12.7. The van der Waals surface area contributed by atoms with E-state index in [1.54, 1.807) is 12.3 Å². The van der Waals surface area contributed by atoms with Gasteiger partial charge in [-0.3, -0.25) is 4.90 Å². The van der Waals surface area contributed by atoms with Crippen LogP contribution in [0.5, 0.6) is 5.88 Å².